The standard InChI is InChI=1S/C18H19NO3/c20-11-15-3-1-2-4-17(15)13-5-7-14(8-6-13)18(21)19-16-9-10-22-12-16/h1-8,16,20H,9-12H2,(H,19,21). The third-order valence-electron chi connectivity index (χ3n) is 3.91. The molecular formula is C18H19NO3. The van der Waals surface area contributed by atoms with Gasteiger partial charge in [-0.15, -0.1) is 0 Å². The monoisotopic (exact) mass is 297 g/mol. The van der Waals surface area contributed by atoms with Gasteiger partial charge in [0.15, 0.2) is 0 Å². The van der Waals surface area contributed by atoms with E-state index in [-0.39, 0.29) is 18.6 Å². The second-order valence-electron chi connectivity index (χ2n) is 5.43. The molecule has 2 N–H and O–H groups in total. The number of aliphatic hydroxyl groups is 1. The summed E-state index contributed by atoms with van der Waals surface area (Å²) in [6.45, 7) is 1.30. The molecule has 3 rings (SSSR count). The van der Waals surface area contributed by atoms with E-state index in [2.05, 4.69) is 5.32 Å². The summed E-state index contributed by atoms with van der Waals surface area (Å²) in [6, 6.07) is 15.3. The summed E-state index contributed by atoms with van der Waals surface area (Å²) in [5.74, 6) is -0.0718. The van der Waals surface area contributed by atoms with E-state index in [1.165, 1.54) is 0 Å². The molecule has 1 fully saturated rings. The number of nitrogens with one attached hydrogen (secondary N) is 1. The summed E-state index contributed by atoms with van der Waals surface area (Å²) >= 11 is 0. The van der Waals surface area contributed by atoms with Crippen molar-refractivity contribution in [2.24, 2.45) is 0 Å². The Morgan fingerprint density at radius 2 is 1.95 bits per heavy atom. The Kier molecular flexibility index (Phi) is 4.51. The first kappa shape index (κ1) is 14.8. The molecule has 114 valence electrons. The van der Waals surface area contributed by atoms with Crippen LogP contribution < -0.4 is 5.32 Å². The molecule has 0 bridgehead atoms. The van der Waals surface area contributed by atoms with E-state index in [9.17, 15) is 9.90 Å². The number of amides is 1. The minimum absolute atomic E-state index is 0.0000902. The van der Waals surface area contributed by atoms with Gasteiger partial charge in [-0.05, 0) is 35.2 Å². The maximum Gasteiger partial charge on any atom is 0.251 e. The molecule has 1 aliphatic rings. The van der Waals surface area contributed by atoms with Gasteiger partial charge in [-0.25, -0.2) is 0 Å². The smallest absolute Gasteiger partial charge is 0.251 e. The number of carbonyl (C=O) groups is 1. The Hall–Kier alpha value is -2.17. The van der Waals surface area contributed by atoms with Crippen LogP contribution in [0.2, 0.25) is 0 Å². The van der Waals surface area contributed by atoms with E-state index in [4.69, 9.17) is 4.74 Å². The molecule has 0 radical (unpaired) electrons. The molecule has 0 spiro atoms. The minimum Gasteiger partial charge on any atom is -0.392 e. The number of benzene rings is 2. The lowest BCUT2D eigenvalue weighted by atomic mass is 9.99. The lowest BCUT2D eigenvalue weighted by molar-refractivity contribution is 0.0930. The van der Waals surface area contributed by atoms with Crippen molar-refractivity contribution >= 4 is 5.91 Å². The molecule has 0 saturated carbocycles. The number of ether oxygens (including phenoxy) is 1. The van der Waals surface area contributed by atoms with Crippen molar-refractivity contribution in [3.63, 3.8) is 0 Å². The number of hydrogen-bond donors (Lipinski definition) is 2. The molecule has 1 saturated heterocycles. The van der Waals surface area contributed by atoms with Crippen molar-refractivity contribution in [1.29, 1.82) is 0 Å². The molecule has 1 amide bonds. The van der Waals surface area contributed by atoms with Gasteiger partial charge in [-0.1, -0.05) is 36.4 Å². The van der Waals surface area contributed by atoms with Gasteiger partial charge in [0, 0.05) is 12.2 Å². The quantitative estimate of drug-likeness (QED) is 0.911. The zero-order chi connectivity index (χ0) is 15.4. The van der Waals surface area contributed by atoms with Gasteiger partial charge in [-0.3, -0.25) is 4.79 Å². The molecular weight excluding hydrogens is 278 g/mol. The van der Waals surface area contributed by atoms with Crippen LogP contribution in [0.1, 0.15) is 22.3 Å². The largest absolute Gasteiger partial charge is 0.392 e. The van der Waals surface area contributed by atoms with E-state index < -0.39 is 0 Å². The summed E-state index contributed by atoms with van der Waals surface area (Å²) in [4.78, 5) is 12.2. The van der Waals surface area contributed by atoms with Gasteiger partial charge in [0.05, 0.1) is 19.3 Å². The topological polar surface area (TPSA) is 58.6 Å². The van der Waals surface area contributed by atoms with Crippen molar-refractivity contribution in [3.8, 4) is 11.1 Å². The Morgan fingerprint density at radius 3 is 2.64 bits per heavy atom. The predicted octanol–water partition coefficient (Wildman–Crippen LogP) is 2.36. The second-order valence-corrected chi connectivity index (χ2v) is 5.43. The van der Waals surface area contributed by atoms with Gasteiger partial charge in [-0.2, -0.15) is 0 Å². The van der Waals surface area contributed by atoms with Crippen molar-refractivity contribution in [2.45, 2.75) is 19.1 Å². The number of rotatable bonds is 4. The fourth-order valence-electron chi connectivity index (χ4n) is 2.66. The maximum atomic E-state index is 12.2. The van der Waals surface area contributed by atoms with Crippen molar-refractivity contribution in [1.82, 2.24) is 5.32 Å². The molecule has 1 atom stereocenters. The molecule has 2 aromatic rings. The van der Waals surface area contributed by atoms with Gasteiger partial charge in [0.1, 0.15) is 0 Å². The van der Waals surface area contributed by atoms with Crippen LogP contribution >= 0.6 is 0 Å². The Balaban J connectivity index is 1.76. The number of aliphatic hydroxyl groups excluding tert-OH is 1. The molecule has 1 unspecified atom stereocenters. The zero-order valence-corrected chi connectivity index (χ0v) is 12.3. The van der Waals surface area contributed by atoms with Crippen LogP contribution in [0, 0.1) is 0 Å². The lowest BCUT2D eigenvalue weighted by Crippen LogP contribution is -2.34. The zero-order valence-electron chi connectivity index (χ0n) is 12.3. The number of hydrogen-bond acceptors (Lipinski definition) is 3. The van der Waals surface area contributed by atoms with E-state index in [0.29, 0.717) is 18.8 Å². The molecule has 1 heterocycles. The molecule has 0 aromatic heterocycles. The highest BCUT2D eigenvalue weighted by molar-refractivity contribution is 5.95. The highest BCUT2D eigenvalue weighted by atomic mass is 16.5. The van der Waals surface area contributed by atoms with Crippen LogP contribution in [0.15, 0.2) is 48.5 Å². The van der Waals surface area contributed by atoms with Crippen molar-refractivity contribution < 1.29 is 14.6 Å². The van der Waals surface area contributed by atoms with Gasteiger partial charge < -0.3 is 15.2 Å². The average Bonchev–Trinajstić information content (AvgIpc) is 3.08. The average molecular weight is 297 g/mol. The highest BCUT2D eigenvalue weighted by Crippen LogP contribution is 2.24. The van der Waals surface area contributed by atoms with E-state index in [1.807, 2.05) is 48.5 Å². The molecule has 2 aromatic carbocycles. The second kappa shape index (κ2) is 6.73. The minimum atomic E-state index is -0.0718. The fourth-order valence-corrected chi connectivity index (χ4v) is 2.66. The lowest BCUT2D eigenvalue weighted by Gasteiger charge is -2.11. The molecule has 22 heavy (non-hydrogen) atoms. The van der Waals surface area contributed by atoms with E-state index >= 15 is 0 Å². The Morgan fingerprint density at radius 1 is 1.18 bits per heavy atom. The molecule has 4 heteroatoms. The van der Waals surface area contributed by atoms with Crippen molar-refractivity contribution in [2.75, 3.05) is 13.2 Å². The summed E-state index contributed by atoms with van der Waals surface area (Å²) in [6.07, 6.45) is 0.869. The Labute approximate surface area is 129 Å². The Bertz CT molecular complexity index is 646. The fraction of sp³-hybridized carbons (Fsp3) is 0.278. The van der Waals surface area contributed by atoms with E-state index in [0.717, 1.165) is 23.1 Å². The first-order valence-electron chi connectivity index (χ1n) is 7.46. The van der Waals surface area contributed by atoms with Crippen molar-refractivity contribution in [3.05, 3.63) is 59.7 Å². The van der Waals surface area contributed by atoms with Crippen LogP contribution in [-0.2, 0) is 11.3 Å². The SMILES string of the molecule is O=C(NC1CCOC1)c1ccc(-c2ccccc2CO)cc1. The predicted molar refractivity (Wildman–Crippen MR) is 84.5 cm³/mol. The molecule has 1 aliphatic heterocycles. The first-order valence-corrected chi connectivity index (χ1v) is 7.46. The molecule has 4 nitrogen and oxygen atoms in total. The summed E-state index contributed by atoms with van der Waals surface area (Å²) in [5.41, 5.74) is 3.49. The van der Waals surface area contributed by atoms with Crippen LogP contribution in [-0.4, -0.2) is 30.3 Å². The van der Waals surface area contributed by atoms with Gasteiger partial charge >= 0.3 is 0 Å². The first-order chi connectivity index (χ1) is 10.8. The number of carbonyl (C=O) groups excluding carboxylic acids is 1. The molecule has 0 aliphatic carbocycles. The highest BCUT2D eigenvalue weighted by Gasteiger charge is 2.18. The maximum absolute atomic E-state index is 12.2. The van der Waals surface area contributed by atoms with Crippen LogP contribution in [0.3, 0.4) is 0 Å². The summed E-state index contributed by atoms with van der Waals surface area (Å²) in [5, 5.41) is 12.4. The van der Waals surface area contributed by atoms with E-state index in [1.54, 1.807) is 0 Å². The van der Waals surface area contributed by atoms with Gasteiger partial charge in [0.2, 0.25) is 0 Å². The van der Waals surface area contributed by atoms with Crippen LogP contribution in [0.4, 0.5) is 0 Å². The third kappa shape index (κ3) is 3.18. The normalized spacial score (nSPS) is 17.4. The third-order valence-corrected chi connectivity index (χ3v) is 3.91. The summed E-state index contributed by atoms with van der Waals surface area (Å²) < 4.78 is 5.26. The van der Waals surface area contributed by atoms with Crippen LogP contribution in [0.5, 0.6) is 0 Å². The summed E-state index contributed by atoms with van der Waals surface area (Å²) in [7, 11) is 0. The van der Waals surface area contributed by atoms with Crippen LogP contribution in [0.25, 0.3) is 11.1 Å². The van der Waals surface area contributed by atoms with Gasteiger partial charge in [0.25, 0.3) is 5.91 Å².